The van der Waals surface area contributed by atoms with Gasteiger partial charge in [0.2, 0.25) is 0 Å². The van der Waals surface area contributed by atoms with Crippen molar-refractivity contribution in [1.29, 1.82) is 5.26 Å². The third-order valence-corrected chi connectivity index (χ3v) is 8.71. The van der Waals surface area contributed by atoms with Crippen molar-refractivity contribution in [3.05, 3.63) is 88.6 Å². The van der Waals surface area contributed by atoms with Crippen LogP contribution in [0.3, 0.4) is 0 Å². The second-order valence-corrected chi connectivity index (χ2v) is 16.3. The summed E-state index contributed by atoms with van der Waals surface area (Å²) in [6.45, 7) is 8.43. The molecule has 2 aliphatic heterocycles. The van der Waals surface area contributed by atoms with E-state index in [1.54, 1.807) is 6.34 Å². The summed E-state index contributed by atoms with van der Waals surface area (Å²) in [5.41, 5.74) is 6.38. The summed E-state index contributed by atoms with van der Waals surface area (Å²) in [7, 11) is -1.10. The van der Waals surface area contributed by atoms with Crippen LogP contribution in [-0.4, -0.2) is 38.8 Å². The molecule has 2 aromatic carbocycles. The largest absolute Gasteiger partial charge is 0.361 e. The van der Waals surface area contributed by atoms with Crippen molar-refractivity contribution in [2.45, 2.75) is 50.1 Å². The lowest BCUT2D eigenvalue weighted by atomic mass is 9.78. The van der Waals surface area contributed by atoms with Crippen molar-refractivity contribution in [3.8, 4) is 6.07 Å². The van der Waals surface area contributed by atoms with Crippen LogP contribution in [0.15, 0.2) is 71.4 Å². The van der Waals surface area contributed by atoms with Gasteiger partial charge >= 0.3 is 0 Å². The minimum absolute atomic E-state index is 0.0764. The van der Waals surface area contributed by atoms with Crippen molar-refractivity contribution < 1.29 is 4.74 Å². The molecule has 34 heavy (non-hydrogen) atoms. The molecule has 1 aliphatic carbocycles. The molecular formula is C28H32N4OSi. The molecule has 174 valence electrons. The fourth-order valence-electron chi connectivity index (χ4n) is 5.00. The smallest absolute Gasteiger partial charge is 0.152 e. The molecule has 0 amide bonds. The number of nitrogens with one attached hydrogen (secondary N) is 1. The molecule has 1 N–H and O–H groups in total. The first-order valence-corrected chi connectivity index (χ1v) is 15.7. The Kier molecular flexibility index (Phi) is 5.93. The molecule has 1 atom stereocenters. The van der Waals surface area contributed by atoms with Gasteiger partial charge in [-0.2, -0.15) is 5.26 Å². The Bertz CT molecular complexity index is 1190. The molecule has 0 aromatic heterocycles. The first kappa shape index (κ1) is 22.6. The van der Waals surface area contributed by atoms with E-state index in [1.165, 1.54) is 11.1 Å². The Labute approximate surface area is 203 Å². The predicted molar refractivity (Wildman–Crippen MR) is 140 cm³/mol. The summed E-state index contributed by atoms with van der Waals surface area (Å²) in [6, 6.07) is 20.7. The number of benzene rings is 2. The normalized spacial score (nSPS) is 20.2. The second kappa shape index (κ2) is 8.90. The Morgan fingerprint density at radius 2 is 1.91 bits per heavy atom. The SMILES string of the molecule is C[Si](C)(C)CCOCN1C=CC2=C(c3cccc(C4(C#N)Cc5ccccc5C4)c3)NC=NC21. The fourth-order valence-corrected chi connectivity index (χ4v) is 5.76. The van der Waals surface area contributed by atoms with Crippen molar-refractivity contribution in [1.82, 2.24) is 10.2 Å². The van der Waals surface area contributed by atoms with Crippen LogP contribution in [0, 0.1) is 11.3 Å². The van der Waals surface area contributed by atoms with Gasteiger partial charge in [-0.1, -0.05) is 62.1 Å². The lowest BCUT2D eigenvalue weighted by molar-refractivity contribution is 0.0532. The van der Waals surface area contributed by atoms with Crippen molar-refractivity contribution in [2.75, 3.05) is 13.3 Å². The average molecular weight is 469 g/mol. The molecule has 0 spiro atoms. The van der Waals surface area contributed by atoms with E-state index in [4.69, 9.17) is 4.74 Å². The number of rotatable bonds is 7. The lowest BCUT2D eigenvalue weighted by Crippen LogP contribution is -2.34. The number of hydrogen-bond acceptors (Lipinski definition) is 5. The molecular weight excluding hydrogens is 436 g/mol. The molecule has 5 nitrogen and oxygen atoms in total. The molecule has 3 aliphatic rings. The Morgan fingerprint density at radius 3 is 2.62 bits per heavy atom. The zero-order chi connectivity index (χ0) is 23.8. The van der Waals surface area contributed by atoms with E-state index in [9.17, 15) is 5.26 Å². The van der Waals surface area contributed by atoms with Crippen molar-refractivity contribution in [3.63, 3.8) is 0 Å². The molecule has 0 fully saturated rings. The van der Waals surface area contributed by atoms with Gasteiger partial charge in [0, 0.05) is 26.5 Å². The van der Waals surface area contributed by atoms with Crippen molar-refractivity contribution >= 4 is 20.1 Å². The summed E-state index contributed by atoms with van der Waals surface area (Å²) < 4.78 is 5.99. The highest BCUT2D eigenvalue weighted by atomic mass is 28.3. The van der Waals surface area contributed by atoms with Gasteiger partial charge < -0.3 is 15.0 Å². The van der Waals surface area contributed by atoms with E-state index in [2.05, 4.69) is 102 Å². The van der Waals surface area contributed by atoms with Crippen LogP contribution in [0.1, 0.15) is 22.3 Å². The van der Waals surface area contributed by atoms with Gasteiger partial charge in [-0.05, 0) is 53.3 Å². The molecule has 0 saturated heterocycles. The minimum atomic E-state index is -1.10. The number of hydrogen-bond donors (Lipinski definition) is 1. The highest BCUT2D eigenvalue weighted by Gasteiger charge is 2.39. The van der Waals surface area contributed by atoms with E-state index < -0.39 is 13.5 Å². The zero-order valence-corrected chi connectivity index (χ0v) is 21.2. The maximum Gasteiger partial charge on any atom is 0.152 e. The average Bonchev–Trinajstić information content (AvgIpc) is 3.43. The molecule has 5 rings (SSSR count). The van der Waals surface area contributed by atoms with E-state index in [1.807, 2.05) is 0 Å². The highest BCUT2D eigenvalue weighted by Crippen LogP contribution is 2.40. The van der Waals surface area contributed by atoms with Gasteiger partial charge in [0.25, 0.3) is 0 Å². The fraction of sp³-hybridized carbons (Fsp3) is 0.357. The van der Waals surface area contributed by atoms with Crippen LogP contribution in [0.4, 0.5) is 0 Å². The van der Waals surface area contributed by atoms with Crippen LogP contribution in [0.25, 0.3) is 5.70 Å². The van der Waals surface area contributed by atoms with Gasteiger partial charge in [-0.15, -0.1) is 0 Å². The number of fused-ring (bicyclic) bond motifs is 2. The third kappa shape index (κ3) is 4.34. The molecule has 2 aromatic rings. The molecule has 6 heteroatoms. The molecule has 1 unspecified atom stereocenters. The second-order valence-electron chi connectivity index (χ2n) is 10.7. The molecule has 2 heterocycles. The van der Waals surface area contributed by atoms with Crippen LogP contribution in [0.5, 0.6) is 0 Å². The summed E-state index contributed by atoms with van der Waals surface area (Å²) in [5, 5.41) is 13.6. The van der Waals surface area contributed by atoms with Gasteiger partial charge in [0.1, 0.15) is 6.73 Å². The van der Waals surface area contributed by atoms with Gasteiger partial charge in [-0.3, -0.25) is 0 Å². The highest BCUT2D eigenvalue weighted by molar-refractivity contribution is 6.76. The van der Waals surface area contributed by atoms with Crippen molar-refractivity contribution in [2.24, 2.45) is 4.99 Å². The van der Waals surface area contributed by atoms with Crippen LogP contribution >= 0.6 is 0 Å². The van der Waals surface area contributed by atoms with Crippen LogP contribution in [0.2, 0.25) is 25.7 Å². The number of nitriles is 1. The summed E-state index contributed by atoms with van der Waals surface area (Å²) in [6.07, 6.45) is 7.43. The van der Waals surface area contributed by atoms with E-state index >= 15 is 0 Å². The Morgan fingerprint density at radius 1 is 1.15 bits per heavy atom. The topological polar surface area (TPSA) is 60.6 Å². The molecule has 0 bridgehead atoms. The summed E-state index contributed by atoms with van der Waals surface area (Å²) in [4.78, 5) is 6.82. The number of aliphatic imine (C=N–C) groups is 1. The standard InChI is InChI=1S/C28H32N4OSi/c1-34(2,3)14-13-33-20-32-12-11-25-26(30-19-31-27(25)32)21-9-6-10-24(15-21)28(18-29)16-22-7-4-5-8-23(22)17-28/h4-12,15,19,27H,13-14,16-17,20H2,1-3H3,(H,30,31). The lowest BCUT2D eigenvalue weighted by Gasteiger charge is -2.28. The van der Waals surface area contributed by atoms with Gasteiger partial charge in [0.15, 0.2) is 6.17 Å². The maximum atomic E-state index is 10.3. The van der Waals surface area contributed by atoms with Crippen LogP contribution in [-0.2, 0) is 23.0 Å². The Hall–Kier alpha value is -3.14. The van der Waals surface area contributed by atoms with Crippen LogP contribution < -0.4 is 5.32 Å². The van der Waals surface area contributed by atoms with E-state index in [0.29, 0.717) is 6.73 Å². The quantitative estimate of drug-likeness (QED) is 0.456. The first-order chi connectivity index (χ1) is 16.4. The summed E-state index contributed by atoms with van der Waals surface area (Å²) >= 11 is 0. The van der Waals surface area contributed by atoms with Gasteiger partial charge in [0.05, 0.1) is 23.5 Å². The number of ether oxygens (including phenoxy) is 1. The first-order valence-electron chi connectivity index (χ1n) is 12.0. The van der Waals surface area contributed by atoms with E-state index in [-0.39, 0.29) is 6.17 Å². The minimum Gasteiger partial charge on any atom is -0.361 e. The van der Waals surface area contributed by atoms with E-state index in [0.717, 1.165) is 47.9 Å². The summed E-state index contributed by atoms with van der Waals surface area (Å²) in [5.74, 6) is 0. The number of nitrogens with zero attached hydrogens (tertiary/aromatic N) is 3. The molecule has 0 saturated carbocycles. The maximum absolute atomic E-state index is 10.3. The predicted octanol–water partition coefficient (Wildman–Crippen LogP) is 5.06. The van der Waals surface area contributed by atoms with Gasteiger partial charge in [-0.25, -0.2) is 4.99 Å². The molecule has 0 radical (unpaired) electrons. The zero-order valence-electron chi connectivity index (χ0n) is 20.2. The Balaban J connectivity index is 1.37. The monoisotopic (exact) mass is 468 g/mol. The third-order valence-electron chi connectivity index (χ3n) is 7.01.